The Morgan fingerprint density at radius 1 is 1.00 bits per heavy atom. The molecule has 2 fully saturated rings. The smallest absolute Gasteiger partial charge is 0.0240 e. The van der Waals surface area contributed by atoms with Gasteiger partial charge in [0, 0.05) is 31.3 Å². The van der Waals surface area contributed by atoms with Crippen LogP contribution in [0.5, 0.6) is 0 Å². The van der Waals surface area contributed by atoms with Gasteiger partial charge >= 0.3 is 0 Å². The van der Waals surface area contributed by atoms with Gasteiger partial charge in [0.2, 0.25) is 0 Å². The Kier molecular flexibility index (Phi) is 3.94. The Morgan fingerprint density at radius 3 is 2.31 bits per heavy atom. The monoisotopic (exact) mass is 200 g/mol. The third-order valence-corrected chi connectivity index (χ3v) is 4.15. The van der Waals surface area contributed by atoms with E-state index in [9.17, 15) is 0 Å². The number of nitrogens with one attached hydrogen (secondary N) is 1. The lowest BCUT2D eigenvalue weighted by Crippen LogP contribution is -2.28. The number of hydrogen-bond donors (Lipinski definition) is 1. The van der Waals surface area contributed by atoms with Gasteiger partial charge in [-0.1, -0.05) is 32.1 Å². The molecule has 2 aliphatic rings. The first-order chi connectivity index (χ1) is 6.47. The van der Waals surface area contributed by atoms with E-state index in [0.717, 1.165) is 6.04 Å². The van der Waals surface area contributed by atoms with Gasteiger partial charge in [-0.05, 0) is 12.8 Å². The molecule has 3 heteroatoms. The van der Waals surface area contributed by atoms with E-state index in [2.05, 4.69) is 9.03 Å². The van der Waals surface area contributed by atoms with Gasteiger partial charge in [0.15, 0.2) is 0 Å². The van der Waals surface area contributed by atoms with Crippen molar-refractivity contribution in [3.05, 3.63) is 0 Å². The van der Waals surface area contributed by atoms with Gasteiger partial charge < -0.3 is 0 Å². The zero-order chi connectivity index (χ0) is 8.93. The van der Waals surface area contributed by atoms with Crippen LogP contribution in [0.25, 0.3) is 0 Å². The van der Waals surface area contributed by atoms with Gasteiger partial charge in [0.1, 0.15) is 0 Å². The van der Waals surface area contributed by atoms with Crippen molar-refractivity contribution < 1.29 is 0 Å². The van der Waals surface area contributed by atoms with Crippen LogP contribution in [0.1, 0.15) is 44.9 Å². The van der Waals surface area contributed by atoms with Gasteiger partial charge in [-0.15, -0.1) is 0 Å². The molecule has 1 saturated carbocycles. The maximum atomic E-state index is 3.35. The van der Waals surface area contributed by atoms with Crippen molar-refractivity contribution in [1.82, 2.24) is 9.03 Å². The van der Waals surface area contributed by atoms with E-state index in [1.165, 1.54) is 58.0 Å². The number of hydrogen-bond acceptors (Lipinski definition) is 3. The lowest BCUT2D eigenvalue weighted by Gasteiger charge is -2.26. The summed E-state index contributed by atoms with van der Waals surface area (Å²) in [4.78, 5) is 0. The van der Waals surface area contributed by atoms with Gasteiger partial charge in [0.05, 0.1) is 0 Å². The Labute approximate surface area is 85.7 Å². The summed E-state index contributed by atoms with van der Waals surface area (Å²) in [6.45, 7) is 2.41. The van der Waals surface area contributed by atoms with E-state index in [4.69, 9.17) is 0 Å². The van der Waals surface area contributed by atoms with Crippen molar-refractivity contribution in [2.75, 3.05) is 13.1 Å². The molecule has 13 heavy (non-hydrogen) atoms. The van der Waals surface area contributed by atoms with Gasteiger partial charge in [0.25, 0.3) is 0 Å². The molecule has 1 saturated heterocycles. The minimum absolute atomic E-state index is 0.861. The lowest BCUT2D eigenvalue weighted by molar-refractivity contribution is 0.302. The van der Waals surface area contributed by atoms with Crippen molar-refractivity contribution in [2.45, 2.75) is 51.0 Å². The molecule has 0 unspecified atom stereocenters. The van der Waals surface area contributed by atoms with E-state index in [-0.39, 0.29) is 0 Å². The largest absolute Gasteiger partial charge is 0.249 e. The Hall–Kier alpha value is 0.270. The predicted molar refractivity (Wildman–Crippen MR) is 58.4 cm³/mol. The second-order valence-electron chi connectivity index (χ2n) is 4.13. The molecule has 0 aromatic heterocycles. The van der Waals surface area contributed by atoms with Crippen molar-refractivity contribution in [2.24, 2.45) is 0 Å². The lowest BCUT2D eigenvalue weighted by atomic mass is 9.97. The van der Waals surface area contributed by atoms with Crippen molar-refractivity contribution in [3.63, 3.8) is 0 Å². The van der Waals surface area contributed by atoms with Crippen molar-refractivity contribution in [1.29, 1.82) is 0 Å². The summed E-state index contributed by atoms with van der Waals surface area (Å²) in [5, 5.41) is 0. The SMILES string of the molecule is C1CCCC(N2CCNS2)CCC1. The number of nitrogens with zero attached hydrogens (tertiary/aromatic N) is 1. The standard InChI is InChI=1S/C10H20N2S/c1-2-4-6-10(7-5-3-1)12-9-8-11-13-12/h10-11H,1-9H2. The van der Waals surface area contributed by atoms with Crippen LogP contribution in [0.4, 0.5) is 0 Å². The highest BCUT2D eigenvalue weighted by molar-refractivity contribution is 7.95. The molecule has 1 aliphatic heterocycles. The average Bonchev–Trinajstić information content (AvgIpc) is 2.55. The predicted octanol–water partition coefficient (Wildman–Crippen LogP) is 2.57. The first-order valence-corrected chi connectivity index (χ1v) is 6.40. The molecule has 0 atom stereocenters. The second-order valence-corrected chi connectivity index (χ2v) is 5.07. The van der Waals surface area contributed by atoms with Crippen LogP contribution in [-0.4, -0.2) is 23.4 Å². The minimum Gasteiger partial charge on any atom is -0.249 e. The molecule has 1 N–H and O–H groups in total. The van der Waals surface area contributed by atoms with E-state index in [1.54, 1.807) is 0 Å². The molecule has 2 nitrogen and oxygen atoms in total. The van der Waals surface area contributed by atoms with E-state index >= 15 is 0 Å². The van der Waals surface area contributed by atoms with Crippen molar-refractivity contribution >= 4 is 12.1 Å². The summed E-state index contributed by atoms with van der Waals surface area (Å²) in [6.07, 6.45) is 10.1. The normalized spacial score (nSPS) is 28.6. The molecular weight excluding hydrogens is 180 g/mol. The minimum atomic E-state index is 0.861. The first kappa shape index (κ1) is 9.81. The molecule has 1 aliphatic carbocycles. The summed E-state index contributed by atoms with van der Waals surface area (Å²) in [7, 11) is 0. The summed E-state index contributed by atoms with van der Waals surface area (Å²) in [5.41, 5.74) is 0. The molecule has 0 aromatic carbocycles. The number of rotatable bonds is 1. The van der Waals surface area contributed by atoms with E-state index in [1.807, 2.05) is 12.1 Å². The zero-order valence-electron chi connectivity index (χ0n) is 8.30. The molecule has 0 aromatic rings. The Bertz CT molecular complexity index is 138. The quantitative estimate of drug-likeness (QED) is 0.655. The average molecular weight is 200 g/mol. The fourth-order valence-corrected chi connectivity index (χ4v) is 3.20. The molecular formula is C10H20N2S. The topological polar surface area (TPSA) is 15.3 Å². The summed E-state index contributed by atoms with van der Waals surface area (Å²) < 4.78 is 5.91. The maximum absolute atomic E-state index is 3.35. The van der Waals surface area contributed by atoms with Gasteiger partial charge in [-0.3, -0.25) is 0 Å². The Morgan fingerprint density at radius 2 is 1.69 bits per heavy atom. The van der Waals surface area contributed by atoms with E-state index < -0.39 is 0 Å². The van der Waals surface area contributed by atoms with Crippen molar-refractivity contribution in [3.8, 4) is 0 Å². The van der Waals surface area contributed by atoms with Crippen LogP contribution in [-0.2, 0) is 0 Å². The van der Waals surface area contributed by atoms with Crippen LogP contribution in [0, 0.1) is 0 Å². The molecule has 0 bridgehead atoms. The summed E-state index contributed by atoms with van der Waals surface area (Å²) >= 11 is 1.85. The van der Waals surface area contributed by atoms with Gasteiger partial charge in [-0.2, -0.15) is 0 Å². The zero-order valence-corrected chi connectivity index (χ0v) is 9.11. The summed E-state index contributed by atoms with van der Waals surface area (Å²) in [5.74, 6) is 0. The third kappa shape index (κ3) is 2.86. The molecule has 76 valence electrons. The summed E-state index contributed by atoms with van der Waals surface area (Å²) in [6, 6.07) is 0.861. The molecule has 0 radical (unpaired) electrons. The molecule has 0 spiro atoms. The molecule has 1 heterocycles. The van der Waals surface area contributed by atoms with E-state index in [0.29, 0.717) is 0 Å². The fourth-order valence-electron chi connectivity index (χ4n) is 2.31. The fraction of sp³-hybridized carbons (Fsp3) is 1.00. The molecule has 0 amide bonds. The Balaban J connectivity index is 1.80. The first-order valence-electron chi connectivity index (χ1n) is 5.63. The van der Waals surface area contributed by atoms with Crippen LogP contribution < -0.4 is 4.72 Å². The second kappa shape index (κ2) is 5.23. The molecule has 2 rings (SSSR count). The highest BCUT2D eigenvalue weighted by Gasteiger charge is 2.22. The third-order valence-electron chi connectivity index (χ3n) is 3.10. The highest BCUT2D eigenvalue weighted by atomic mass is 32.2. The van der Waals surface area contributed by atoms with Crippen LogP contribution in [0.2, 0.25) is 0 Å². The van der Waals surface area contributed by atoms with Crippen LogP contribution in [0.3, 0.4) is 0 Å². The highest BCUT2D eigenvalue weighted by Crippen LogP contribution is 2.26. The van der Waals surface area contributed by atoms with Crippen LogP contribution >= 0.6 is 12.1 Å². The van der Waals surface area contributed by atoms with Crippen LogP contribution in [0.15, 0.2) is 0 Å². The van der Waals surface area contributed by atoms with Gasteiger partial charge in [-0.25, -0.2) is 9.03 Å². The maximum Gasteiger partial charge on any atom is 0.0240 e.